The number of alkyl halides is 6. The highest BCUT2D eigenvalue weighted by Crippen LogP contribution is 2.40. The fourth-order valence-corrected chi connectivity index (χ4v) is 2.82. The molecule has 29 heavy (non-hydrogen) atoms. The number of hydrogen-bond donors (Lipinski definition) is 1. The van der Waals surface area contributed by atoms with Gasteiger partial charge in [0.1, 0.15) is 5.75 Å². The summed E-state index contributed by atoms with van der Waals surface area (Å²) >= 11 is 0. The van der Waals surface area contributed by atoms with E-state index in [9.17, 15) is 36.3 Å². The Labute approximate surface area is 158 Å². The SMILES string of the molecule is COC(=O)c1cc2c(C(F)(F)F)cc(-c3cccc(OC(F)(F)F)c3)cc2n1O. The van der Waals surface area contributed by atoms with Crippen LogP contribution in [-0.2, 0) is 10.9 Å². The van der Waals surface area contributed by atoms with Crippen LogP contribution in [0.3, 0.4) is 0 Å². The lowest BCUT2D eigenvalue weighted by atomic mass is 9.99. The molecule has 1 heterocycles. The molecule has 3 aromatic rings. The maximum absolute atomic E-state index is 13.6. The van der Waals surface area contributed by atoms with Gasteiger partial charge >= 0.3 is 18.5 Å². The van der Waals surface area contributed by atoms with E-state index < -0.39 is 40.9 Å². The third-order valence-corrected chi connectivity index (χ3v) is 4.00. The summed E-state index contributed by atoms with van der Waals surface area (Å²) < 4.78 is 86.4. The van der Waals surface area contributed by atoms with Gasteiger partial charge in [0.15, 0.2) is 5.69 Å². The first-order chi connectivity index (χ1) is 13.4. The normalized spacial score (nSPS) is 12.2. The molecule has 0 saturated heterocycles. The van der Waals surface area contributed by atoms with Crippen molar-refractivity contribution in [2.45, 2.75) is 12.5 Å². The van der Waals surface area contributed by atoms with Crippen molar-refractivity contribution in [1.29, 1.82) is 0 Å². The topological polar surface area (TPSA) is 60.7 Å². The van der Waals surface area contributed by atoms with Crippen LogP contribution in [0.25, 0.3) is 22.0 Å². The third-order valence-electron chi connectivity index (χ3n) is 4.00. The molecule has 1 aromatic heterocycles. The molecule has 0 unspecified atom stereocenters. The number of hydrogen-bond acceptors (Lipinski definition) is 4. The molecule has 0 amide bonds. The number of ether oxygens (including phenoxy) is 2. The van der Waals surface area contributed by atoms with Crippen molar-refractivity contribution in [3.63, 3.8) is 0 Å². The standard InChI is InChI=1S/C18H11F6NO4/c1-28-16(26)15-8-12-13(17(19,20)21)6-10(7-14(12)25(15)27)9-3-2-4-11(5-9)29-18(22,23)24/h2-8,27H,1H3. The zero-order valence-electron chi connectivity index (χ0n) is 14.4. The van der Waals surface area contributed by atoms with Gasteiger partial charge in [-0.3, -0.25) is 0 Å². The van der Waals surface area contributed by atoms with Gasteiger partial charge in [-0.25, -0.2) is 4.79 Å². The van der Waals surface area contributed by atoms with Crippen molar-refractivity contribution >= 4 is 16.9 Å². The number of fused-ring (bicyclic) bond motifs is 1. The lowest BCUT2D eigenvalue weighted by molar-refractivity contribution is -0.274. The highest BCUT2D eigenvalue weighted by Gasteiger charge is 2.35. The molecule has 1 N–H and O–H groups in total. The molecule has 0 aliphatic heterocycles. The van der Waals surface area contributed by atoms with Gasteiger partial charge in [0.2, 0.25) is 0 Å². The lowest BCUT2D eigenvalue weighted by Gasteiger charge is -2.13. The van der Waals surface area contributed by atoms with Crippen LogP contribution < -0.4 is 4.74 Å². The van der Waals surface area contributed by atoms with Crippen LogP contribution in [0.5, 0.6) is 5.75 Å². The van der Waals surface area contributed by atoms with Crippen molar-refractivity contribution in [2.24, 2.45) is 0 Å². The van der Waals surface area contributed by atoms with Gasteiger partial charge in [-0.05, 0) is 41.5 Å². The zero-order valence-corrected chi connectivity index (χ0v) is 14.4. The van der Waals surface area contributed by atoms with Crippen molar-refractivity contribution in [2.75, 3.05) is 7.11 Å². The quantitative estimate of drug-likeness (QED) is 0.358. The largest absolute Gasteiger partial charge is 0.573 e. The number of carbonyl (C=O) groups excluding carboxylic acids is 1. The maximum atomic E-state index is 13.6. The Morgan fingerprint density at radius 3 is 2.28 bits per heavy atom. The van der Waals surface area contributed by atoms with Crippen LogP contribution in [0.4, 0.5) is 26.3 Å². The van der Waals surface area contributed by atoms with Gasteiger partial charge in [-0.2, -0.15) is 17.9 Å². The zero-order chi connectivity index (χ0) is 21.6. The summed E-state index contributed by atoms with van der Waals surface area (Å²) in [6.45, 7) is 0. The highest BCUT2D eigenvalue weighted by atomic mass is 19.4. The monoisotopic (exact) mass is 419 g/mol. The van der Waals surface area contributed by atoms with Crippen molar-refractivity contribution in [3.05, 3.63) is 53.7 Å². The number of esters is 1. The highest BCUT2D eigenvalue weighted by molar-refractivity contribution is 5.98. The summed E-state index contributed by atoms with van der Waals surface area (Å²) in [5, 5.41) is 9.66. The smallest absolute Gasteiger partial charge is 0.464 e. The molecule has 0 aliphatic carbocycles. The minimum Gasteiger partial charge on any atom is -0.464 e. The van der Waals surface area contributed by atoms with Crippen LogP contribution in [-0.4, -0.2) is 29.4 Å². The van der Waals surface area contributed by atoms with Gasteiger partial charge in [-0.15, -0.1) is 13.2 Å². The van der Waals surface area contributed by atoms with E-state index in [0.717, 1.165) is 31.4 Å². The van der Waals surface area contributed by atoms with Crippen LogP contribution in [0.2, 0.25) is 0 Å². The molecular weight excluding hydrogens is 408 g/mol. The first-order valence-corrected chi connectivity index (χ1v) is 7.81. The summed E-state index contributed by atoms with van der Waals surface area (Å²) in [6.07, 6.45) is -9.85. The summed E-state index contributed by atoms with van der Waals surface area (Å²) in [7, 11) is 0.988. The second kappa shape index (κ2) is 6.90. The van der Waals surface area contributed by atoms with E-state index in [2.05, 4.69) is 9.47 Å². The Kier molecular flexibility index (Phi) is 4.85. The second-order valence-corrected chi connectivity index (χ2v) is 5.86. The molecule has 0 atom stereocenters. The number of nitrogens with zero attached hydrogens (tertiary/aromatic N) is 1. The van der Waals surface area contributed by atoms with Crippen LogP contribution in [0.15, 0.2) is 42.5 Å². The number of rotatable bonds is 3. The predicted octanol–water partition coefficient (Wildman–Crippen LogP) is 5.25. The molecule has 0 bridgehead atoms. The Morgan fingerprint density at radius 1 is 1.00 bits per heavy atom. The van der Waals surface area contributed by atoms with Crippen LogP contribution in [0, 0.1) is 0 Å². The molecule has 0 saturated carbocycles. The first kappa shape index (κ1) is 20.4. The first-order valence-electron chi connectivity index (χ1n) is 7.81. The number of halogens is 6. The van der Waals surface area contributed by atoms with Gasteiger partial charge in [0.05, 0.1) is 18.2 Å². The summed E-state index contributed by atoms with van der Waals surface area (Å²) in [4.78, 5) is 11.7. The third kappa shape index (κ3) is 4.08. The van der Waals surface area contributed by atoms with Crippen LogP contribution >= 0.6 is 0 Å². The molecule has 2 aromatic carbocycles. The fraction of sp³-hybridized carbons (Fsp3) is 0.167. The molecule has 0 fully saturated rings. The number of aromatic nitrogens is 1. The predicted molar refractivity (Wildman–Crippen MR) is 87.6 cm³/mol. The average Bonchev–Trinajstić information content (AvgIpc) is 2.95. The lowest BCUT2D eigenvalue weighted by Crippen LogP contribution is -2.17. The van der Waals surface area contributed by atoms with E-state index in [0.29, 0.717) is 6.07 Å². The Bertz CT molecular complexity index is 1080. The maximum Gasteiger partial charge on any atom is 0.573 e. The Balaban J connectivity index is 2.23. The molecule has 3 rings (SSSR count). The molecule has 0 aliphatic rings. The number of methoxy groups -OCH3 is 1. The molecule has 11 heteroatoms. The molecule has 0 radical (unpaired) electrons. The van der Waals surface area contributed by atoms with E-state index in [-0.39, 0.29) is 21.4 Å². The second-order valence-electron chi connectivity index (χ2n) is 5.86. The average molecular weight is 419 g/mol. The van der Waals surface area contributed by atoms with E-state index in [4.69, 9.17) is 0 Å². The fourth-order valence-electron chi connectivity index (χ4n) is 2.82. The Hall–Kier alpha value is -3.37. The van der Waals surface area contributed by atoms with Gasteiger partial charge in [0.25, 0.3) is 0 Å². The minimum absolute atomic E-state index is 0.0278. The molecule has 5 nitrogen and oxygen atoms in total. The summed E-state index contributed by atoms with van der Waals surface area (Å²) in [5.41, 5.74) is -2.29. The van der Waals surface area contributed by atoms with Gasteiger partial charge in [0, 0.05) is 5.39 Å². The number of benzene rings is 2. The molecule has 154 valence electrons. The molecule has 0 spiro atoms. The number of carbonyl (C=O) groups is 1. The van der Waals surface area contributed by atoms with Crippen molar-refractivity contribution in [3.8, 4) is 16.9 Å². The van der Waals surface area contributed by atoms with Gasteiger partial charge in [-0.1, -0.05) is 12.1 Å². The van der Waals surface area contributed by atoms with Crippen molar-refractivity contribution in [1.82, 2.24) is 4.73 Å². The molecular formula is C18H11F6NO4. The summed E-state index contributed by atoms with van der Waals surface area (Å²) in [5.74, 6) is -1.70. The van der Waals surface area contributed by atoms with E-state index in [1.165, 1.54) is 12.1 Å². The van der Waals surface area contributed by atoms with Crippen molar-refractivity contribution < 1.29 is 45.8 Å². The van der Waals surface area contributed by atoms with E-state index in [1.807, 2.05) is 0 Å². The Morgan fingerprint density at radius 2 is 1.69 bits per heavy atom. The minimum atomic E-state index is -4.98. The van der Waals surface area contributed by atoms with Gasteiger partial charge < -0.3 is 14.7 Å². The van der Waals surface area contributed by atoms with E-state index >= 15 is 0 Å². The summed E-state index contributed by atoms with van der Waals surface area (Å²) in [6, 6.07) is 6.96. The van der Waals surface area contributed by atoms with E-state index in [1.54, 1.807) is 0 Å². The van der Waals surface area contributed by atoms with Crippen LogP contribution in [0.1, 0.15) is 16.1 Å².